The molecule has 1 aliphatic heterocycles. The molecule has 2 aromatic rings. The predicted molar refractivity (Wildman–Crippen MR) is 99.1 cm³/mol. The molecule has 1 aromatic carbocycles. The summed E-state index contributed by atoms with van der Waals surface area (Å²) >= 11 is 0. The van der Waals surface area contributed by atoms with E-state index in [1.807, 2.05) is 0 Å². The molecule has 11 heteroatoms. The van der Waals surface area contributed by atoms with E-state index in [9.17, 15) is 32.3 Å². The van der Waals surface area contributed by atoms with Gasteiger partial charge in [0.15, 0.2) is 0 Å². The highest BCUT2D eigenvalue weighted by Gasteiger charge is 2.72. The number of carbonyl (C=O) groups is 2. The van der Waals surface area contributed by atoms with E-state index < -0.39 is 46.6 Å². The number of aromatic nitrogens is 2. The van der Waals surface area contributed by atoms with Crippen molar-refractivity contribution in [3.05, 3.63) is 62.2 Å². The molecule has 0 spiro atoms. The van der Waals surface area contributed by atoms with E-state index in [2.05, 4.69) is 5.32 Å². The molecule has 30 heavy (non-hydrogen) atoms. The van der Waals surface area contributed by atoms with Gasteiger partial charge in [-0.2, -0.15) is 0 Å². The molecule has 8 nitrogen and oxygen atoms in total. The van der Waals surface area contributed by atoms with Crippen molar-refractivity contribution in [1.29, 1.82) is 0 Å². The van der Waals surface area contributed by atoms with Gasteiger partial charge in [-0.25, -0.2) is 18.0 Å². The molecular formula is C19H17F3N4O4. The third-order valence-electron chi connectivity index (χ3n) is 5.65. The number of fused-ring (bicyclic) bond motifs is 1. The zero-order valence-electron chi connectivity index (χ0n) is 16.0. The number of likely N-dealkylation sites (tertiary alicyclic amines) is 1. The molecule has 1 saturated heterocycles. The van der Waals surface area contributed by atoms with Gasteiger partial charge in [0.1, 0.15) is 11.5 Å². The van der Waals surface area contributed by atoms with Crippen LogP contribution in [0.2, 0.25) is 0 Å². The van der Waals surface area contributed by atoms with Crippen LogP contribution >= 0.6 is 0 Å². The highest BCUT2D eigenvalue weighted by Crippen LogP contribution is 2.59. The first kappa shape index (κ1) is 19.9. The number of carbonyl (C=O) groups excluding carboxylic acids is 2. The van der Waals surface area contributed by atoms with Crippen LogP contribution in [0.4, 0.5) is 18.9 Å². The molecule has 2 heterocycles. The summed E-state index contributed by atoms with van der Waals surface area (Å²) in [7, 11) is 2.56. The van der Waals surface area contributed by atoms with Crippen LogP contribution in [0, 0.1) is 17.7 Å². The highest BCUT2D eigenvalue weighted by atomic mass is 19.3. The van der Waals surface area contributed by atoms with Gasteiger partial charge in [-0.05, 0) is 18.2 Å². The highest BCUT2D eigenvalue weighted by molar-refractivity contribution is 6.04. The van der Waals surface area contributed by atoms with E-state index in [1.54, 1.807) is 0 Å². The average molecular weight is 422 g/mol. The molecule has 2 fully saturated rings. The van der Waals surface area contributed by atoms with Crippen molar-refractivity contribution in [2.24, 2.45) is 25.9 Å². The minimum Gasteiger partial charge on any atom is -0.338 e. The second-order valence-electron chi connectivity index (χ2n) is 7.55. The Kier molecular flexibility index (Phi) is 4.37. The number of halogens is 3. The number of anilines is 1. The maximum absolute atomic E-state index is 14.0. The molecule has 4 rings (SSSR count). The SMILES string of the molecule is Cn1c(C(=O)Nc2cc(F)cc(C(=O)N3CC4C(C3)C4(F)F)c2)cc(=O)n(C)c1=O. The normalized spacial score (nSPS) is 21.3. The number of hydrogen-bond donors (Lipinski definition) is 1. The number of piperidine rings is 1. The number of rotatable bonds is 3. The molecular weight excluding hydrogens is 405 g/mol. The zero-order valence-corrected chi connectivity index (χ0v) is 16.0. The van der Waals surface area contributed by atoms with Crippen LogP contribution in [-0.2, 0) is 14.1 Å². The Morgan fingerprint density at radius 2 is 1.67 bits per heavy atom. The molecule has 2 aliphatic rings. The lowest BCUT2D eigenvalue weighted by molar-refractivity contribution is 0.0458. The third-order valence-corrected chi connectivity index (χ3v) is 5.65. The third kappa shape index (κ3) is 3.10. The number of alkyl halides is 2. The minimum atomic E-state index is -2.75. The smallest absolute Gasteiger partial charge is 0.331 e. The van der Waals surface area contributed by atoms with Crippen LogP contribution in [0.5, 0.6) is 0 Å². The summed E-state index contributed by atoms with van der Waals surface area (Å²) in [5, 5.41) is 2.35. The largest absolute Gasteiger partial charge is 0.338 e. The van der Waals surface area contributed by atoms with Gasteiger partial charge in [-0.15, -0.1) is 0 Å². The predicted octanol–water partition coefficient (Wildman–Crippen LogP) is 0.812. The van der Waals surface area contributed by atoms with Gasteiger partial charge in [0.05, 0.1) is 11.8 Å². The molecule has 1 aliphatic carbocycles. The average Bonchev–Trinajstić information content (AvgIpc) is 3.03. The lowest BCUT2D eigenvalue weighted by Crippen LogP contribution is -2.40. The summed E-state index contributed by atoms with van der Waals surface area (Å²) in [6, 6.07) is 4.08. The van der Waals surface area contributed by atoms with Gasteiger partial charge >= 0.3 is 5.69 Å². The van der Waals surface area contributed by atoms with E-state index in [0.717, 1.165) is 27.3 Å². The Morgan fingerprint density at radius 3 is 2.30 bits per heavy atom. The Balaban J connectivity index is 1.56. The van der Waals surface area contributed by atoms with Crippen LogP contribution in [0.25, 0.3) is 0 Å². The lowest BCUT2D eigenvalue weighted by Gasteiger charge is -2.20. The fourth-order valence-electron chi connectivity index (χ4n) is 3.79. The summed E-state index contributed by atoms with van der Waals surface area (Å²) < 4.78 is 42.5. The Hall–Kier alpha value is -3.37. The fraction of sp³-hybridized carbons (Fsp3) is 0.368. The summed E-state index contributed by atoms with van der Waals surface area (Å²) in [4.78, 5) is 50.1. The molecule has 1 aromatic heterocycles. The Labute approximate surface area is 167 Å². The monoisotopic (exact) mass is 422 g/mol. The van der Waals surface area contributed by atoms with Gasteiger partial charge in [0, 0.05) is 44.5 Å². The van der Waals surface area contributed by atoms with E-state index >= 15 is 0 Å². The van der Waals surface area contributed by atoms with Crippen molar-refractivity contribution >= 4 is 17.5 Å². The number of hydrogen-bond acceptors (Lipinski definition) is 4. The van der Waals surface area contributed by atoms with Crippen LogP contribution in [-0.4, -0.2) is 44.9 Å². The van der Waals surface area contributed by atoms with Crippen molar-refractivity contribution in [3.8, 4) is 0 Å². The van der Waals surface area contributed by atoms with Gasteiger partial charge < -0.3 is 10.2 Å². The summed E-state index contributed by atoms with van der Waals surface area (Å²) in [6.07, 6.45) is 0. The topological polar surface area (TPSA) is 93.4 Å². The molecule has 0 bridgehead atoms. The second-order valence-corrected chi connectivity index (χ2v) is 7.55. The maximum atomic E-state index is 14.0. The van der Waals surface area contributed by atoms with Crippen molar-refractivity contribution < 1.29 is 22.8 Å². The van der Waals surface area contributed by atoms with Crippen LogP contribution < -0.4 is 16.6 Å². The van der Waals surface area contributed by atoms with E-state index in [-0.39, 0.29) is 30.0 Å². The summed E-state index contributed by atoms with van der Waals surface area (Å²) in [5.74, 6) is -6.76. The van der Waals surface area contributed by atoms with Gasteiger partial charge in [0.2, 0.25) is 0 Å². The van der Waals surface area contributed by atoms with Crippen molar-refractivity contribution in [2.45, 2.75) is 5.92 Å². The molecule has 2 unspecified atom stereocenters. The quantitative estimate of drug-likeness (QED) is 0.793. The van der Waals surface area contributed by atoms with Gasteiger partial charge in [-0.3, -0.25) is 23.5 Å². The number of nitrogens with zero attached hydrogens (tertiary/aromatic N) is 3. The summed E-state index contributed by atoms with van der Waals surface area (Å²) in [5.41, 5.74) is -1.84. The Morgan fingerprint density at radius 1 is 1.03 bits per heavy atom. The fourth-order valence-corrected chi connectivity index (χ4v) is 3.79. The lowest BCUT2D eigenvalue weighted by atomic mass is 10.1. The van der Waals surface area contributed by atoms with Crippen molar-refractivity contribution in [3.63, 3.8) is 0 Å². The van der Waals surface area contributed by atoms with Crippen molar-refractivity contribution in [1.82, 2.24) is 14.0 Å². The summed E-state index contributed by atoms with van der Waals surface area (Å²) in [6.45, 7) is -0.214. The first-order valence-electron chi connectivity index (χ1n) is 9.06. The van der Waals surface area contributed by atoms with Crippen molar-refractivity contribution in [2.75, 3.05) is 18.4 Å². The van der Waals surface area contributed by atoms with Crippen LogP contribution in [0.15, 0.2) is 33.9 Å². The Bertz CT molecular complexity index is 1190. The molecule has 2 amide bonds. The second kappa shape index (κ2) is 6.57. The first-order chi connectivity index (χ1) is 14.0. The molecule has 0 radical (unpaired) electrons. The molecule has 158 valence electrons. The first-order valence-corrected chi connectivity index (χ1v) is 9.06. The molecule has 2 atom stereocenters. The standard InChI is InChI=1S/C19H17F3N4O4/c1-24-14(6-15(27)25(2)18(24)30)16(28)23-11-4-9(3-10(20)5-11)17(29)26-7-12-13(8-26)19(12,21)22/h3-6,12-13H,7-8H2,1-2H3,(H,23,28). The number of amides is 2. The maximum Gasteiger partial charge on any atom is 0.331 e. The van der Waals surface area contributed by atoms with Gasteiger partial charge in [0.25, 0.3) is 23.3 Å². The number of nitrogens with one attached hydrogen (secondary N) is 1. The van der Waals surface area contributed by atoms with E-state index in [0.29, 0.717) is 0 Å². The van der Waals surface area contributed by atoms with E-state index in [1.165, 1.54) is 25.1 Å². The zero-order chi connectivity index (χ0) is 22.0. The van der Waals surface area contributed by atoms with Gasteiger partial charge in [-0.1, -0.05) is 0 Å². The van der Waals surface area contributed by atoms with E-state index in [4.69, 9.17) is 0 Å². The minimum absolute atomic E-state index is 0.0776. The molecule has 1 saturated carbocycles. The van der Waals surface area contributed by atoms with Crippen LogP contribution in [0.1, 0.15) is 20.8 Å². The van der Waals surface area contributed by atoms with Crippen LogP contribution in [0.3, 0.4) is 0 Å². The number of benzene rings is 1. The molecule has 1 N–H and O–H groups in total.